The average Bonchev–Trinajstić information content (AvgIpc) is 3.18. The monoisotopic (exact) mass is 399 g/mol. The molecule has 0 radical (unpaired) electrons. The number of benzene rings is 2. The van der Waals surface area contributed by atoms with E-state index in [9.17, 15) is 4.39 Å². The van der Waals surface area contributed by atoms with Crippen molar-refractivity contribution in [2.45, 2.75) is 26.3 Å². The number of hydrogen-bond acceptors (Lipinski definition) is 3. The van der Waals surface area contributed by atoms with Crippen LogP contribution in [0.5, 0.6) is 5.75 Å². The summed E-state index contributed by atoms with van der Waals surface area (Å²) in [6.07, 6.45) is 4.24. The largest absolute Gasteiger partial charge is 0.494 e. The summed E-state index contributed by atoms with van der Waals surface area (Å²) in [5.74, 6) is -0.228. The number of methoxy groups -OCH3 is 1. The van der Waals surface area contributed by atoms with Crippen molar-refractivity contribution >= 4 is 11.0 Å². The third kappa shape index (κ3) is 3.65. The molecule has 4 rings (SSSR count). The summed E-state index contributed by atoms with van der Waals surface area (Å²) in [7, 11) is 1.45. The second-order valence-electron chi connectivity index (χ2n) is 7.19. The lowest BCUT2D eigenvalue weighted by Crippen LogP contribution is -1.98. The molecule has 4 nitrogen and oxygen atoms in total. The van der Waals surface area contributed by atoms with Gasteiger partial charge in [0.15, 0.2) is 11.6 Å². The maximum absolute atomic E-state index is 14.4. The molecule has 0 aliphatic rings. The Balaban J connectivity index is 1.93. The van der Waals surface area contributed by atoms with Crippen LogP contribution in [0.15, 0.2) is 60.8 Å². The van der Waals surface area contributed by atoms with E-state index in [1.165, 1.54) is 13.2 Å². The number of hydrogen-bond donors (Lipinski definition) is 0. The second-order valence-corrected chi connectivity index (χ2v) is 7.19. The third-order valence-corrected chi connectivity index (χ3v) is 5.26. The number of aryl methyl sites for hydroxylation is 1. The van der Waals surface area contributed by atoms with Gasteiger partial charge in [-0.1, -0.05) is 25.5 Å². The molecule has 0 fully saturated rings. The summed E-state index contributed by atoms with van der Waals surface area (Å²) in [6.45, 7) is 3.09. The van der Waals surface area contributed by atoms with Gasteiger partial charge in [0.1, 0.15) is 0 Å². The van der Waals surface area contributed by atoms with Crippen LogP contribution in [0.3, 0.4) is 0 Å². The van der Waals surface area contributed by atoms with Gasteiger partial charge < -0.3 is 9.30 Å². The Bertz CT molecular complexity index is 1240. The number of rotatable bonds is 6. The van der Waals surface area contributed by atoms with E-state index in [0.29, 0.717) is 16.8 Å². The molecular weight excluding hydrogens is 377 g/mol. The van der Waals surface area contributed by atoms with Gasteiger partial charge in [-0.2, -0.15) is 5.26 Å². The van der Waals surface area contributed by atoms with Gasteiger partial charge in [-0.05, 0) is 54.4 Å². The Morgan fingerprint density at radius 1 is 1.07 bits per heavy atom. The van der Waals surface area contributed by atoms with Crippen LogP contribution in [-0.4, -0.2) is 16.7 Å². The predicted molar refractivity (Wildman–Crippen MR) is 117 cm³/mol. The molecule has 0 aliphatic heterocycles. The van der Waals surface area contributed by atoms with Crippen LogP contribution in [-0.2, 0) is 6.54 Å². The van der Waals surface area contributed by atoms with Crippen LogP contribution >= 0.6 is 0 Å². The highest BCUT2D eigenvalue weighted by Crippen LogP contribution is 2.35. The lowest BCUT2D eigenvalue weighted by molar-refractivity contribution is 0.386. The van der Waals surface area contributed by atoms with Crippen molar-refractivity contribution in [2.75, 3.05) is 7.11 Å². The summed E-state index contributed by atoms with van der Waals surface area (Å²) in [5, 5.41) is 9.12. The van der Waals surface area contributed by atoms with Gasteiger partial charge in [0.2, 0.25) is 0 Å². The van der Waals surface area contributed by atoms with Crippen molar-refractivity contribution in [1.82, 2.24) is 9.55 Å². The first kappa shape index (κ1) is 19.7. The number of unbranched alkanes of at least 4 members (excludes halogenated alkanes) is 1. The summed E-state index contributed by atoms with van der Waals surface area (Å²) in [5.41, 5.74) is 5.70. The number of nitriles is 1. The highest BCUT2D eigenvalue weighted by Gasteiger charge is 2.15. The predicted octanol–water partition coefficient (Wildman–Crippen LogP) is 6.19. The van der Waals surface area contributed by atoms with E-state index in [2.05, 4.69) is 23.6 Å². The van der Waals surface area contributed by atoms with Gasteiger partial charge in [0, 0.05) is 23.9 Å². The van der Waals surface area contributed by atoms with E-state index < -0.39 is 5.82 Å². The van der Waals surface area contributed by atoms with Crippen molar-refractivity contribution in [2.24, 2.45) is 0 Å². The molecule has 0 N–H and O–H groups in total. The lowest BCUT2D eigenvalue weighted by atomic mass is 9.97. The summed E-state index contributed by atoms with van der Waals surface area (Å²) < 4.78 is 21.7. The van der Waals surface area contributed by atoms with Gasteiger partial charge in [0.05, 0.1) is 35.5 Å². The fourth-order valence-electron chi connectivity index (χ4n) is 3.61. The molecule has 2 aromatic heterocycles. The molecule has 0 amide bonds. The summed E-state index contributed by atoms with van der Waals surface area (Å²) >= 11 is 0. The number of pyridine rings is 1. The number of fused-ring (bicyclic) bond motifs is 1. The molecule has 0 unspecified atom stereocenters. The van der Waals surface area contributed by atoms with Gasteiger partial charge >= 0.3 is 0 Å². The van der Waals surface area contributed by atoms with Gasteiger partial charge in [-0.15, -0.1) is 0 Å². The van der Waals surface area contributed by atoms with E-state index in [-0.39, 0.29) is 5.75 Å². The van der Waals surface area contributed by atoms with Crippen molar-refractivity contribution in [3.63, 3.8) is 0 Å². The summed E-state index contributed by atoms with van der Waals surface area (Å²) in [4.78, 5) is 4.90. The molecule has 0 bridgehead atoms. The molecular formula is C25H22FN3O. The van der Waals surface area contributed by atoms with Gasteiger partial charge in [-0.25, -0.2) is 9.37 Å². The van der Waals surface area contributed by atoms with Gasteiger partial charge in [0.25, 0.3) is 0 Å². The first-order valence-corrected chi connectivity index (χ1v) is 9.99. The smallest absolute Gasteiger partial charge is 0.165 e. The lowest BCUT2D eigenvalue weighted by Gasteiger charge is -2.13. The minimum atomic E-state index is -0.428. The molecule has 150 valence electrons. The average molecular weight is 399 g/mol. The third-order valence-electron chi connectivity index (χ3n) is 5.26. The first-order valence-electron chi connectivity index (χ1n) is 9.99. The molecule has 30 heavy (non-hydrogen) atoms. The van der Waals surface area contributed by atoms with Crippen molar-refractivity contribution in [1.29, 1.82) is 5.26 Å². The van der Waals surface area contributed by atoms with E-state index in [4.69, 9.17) is 15.0 Å². The fraction of sp³-hybridized carbons (Fsp3) is 0.200. The molecule has 0 spiro atoms. The standard InChI is InChI=1S/C25H22FN3O/c1-3-4-12-29-13-11-22-23(29)15-20(18-7-5-17(16-27)6-8-18)25(28-22)19-9-10-24(30-2)21(26)14-19/h5-11,13-15H,3-4,12H2,1-2H3. The van der Waals surface area contributed by atoms with Crippen LogP contribution in [0.2, 0.25) is 0 Å². The number of ether oxygens (including phenoxy) is 1. The van der Waals surface area contributed by atoms with Crippen molar-refractivity contribution < 1.29 is 9.13 Å². The molecule has 2 heterocycles. The molecule has 2 aromatic carbocycles. The fourth-order valence-corrected chi connectivity index (χ4v) is 3.61. The Labute approximate surface area is 175 Å². The molecule has 0 atom stereocenters. The maximum atomic E-state index is 14.4. The first-order chi connectivity index (χ1) is 14.6. The highest BCUT2D eigenvalue weighted by atomic mass is 19.1. The number of halogens is 1. The van der Waals surface area contributed by atoms with E-state index in [1.807, 2.05) is 30.5 Å². The normalized spacial score (nSPS) is 10.9. The zero-order valence-electron chi connectivity index (χ0n) is 17.0. The number of aromatic nitrogens is 2. The molecule has 0 saturated carbocycles. The van der Waals surface area contributed by atoms with Crippen LogP contribution < -0.4 is 4.74 Å². The molecule has 5 heteroatoms. The van der Waals surface area contributed by atoms with Crippen LogP contribution in [0.25, 0.3) is 33.4 Å². The Hall–Kier alpha value is -3.65. The minimum absolute atomic E-state index is 0.200. The summed E-state index contributed by atoms with van der Waals surface area (Å²) in [6, 6.07) is 18.5. The Morgan fingerprint density at radius 3 is 2.50 bits per heavy atom. The number of nitrogens with zero attached hydrogens (tertiary/aromatic N) is 3. The minimum Gasteiger partial charge on any atom is -0.494 e. The van der Waals surface area contributed by atoms with Crippen LogP contribution in [0, 0.1) is 17.1 Å². The van der Waals surface area contributed by atoms with Crippen LogP contribution in [0.1, 0.15) is 25.3 Å². The molecule has 0 saturated heterocycles. The zero-order valence-corrected chi connectivity index (χ0v) is 17.0. The van der Waals surface area contributed by atoms with Crippen molar-refractivity contribution in [3.05, 3.63) is 72.2 Å². The topological polar surface area (TPSA) is 50.8 Å². The Kier molecular flexibility index (Phi) is 5.49. The molecule has 0 aliphatic carbocycles. The SMILES string of the molecule is CCCCn1ccc2nc(-c3ccc(OC)c(F)c3)c(-c3ccc(C#N)cc3)cc21. The van der Waals surface area contributed by atoms with E-state index >= 15 is 0 Å². The quantitative estimate of drug-likeness (QED) is 0.388. The maximum Gasteiger partial charge on any atom is 0.165 e. The van der Waals surface area contributed by atoms with Crippen molar-refractivity contribution in [3.8, 4) is 34.2 Å². The second kappa shape index (κ2) is 8.38. The van der Waals surface area contributed by atoms with Crippen LogP contribution in [0.4, 0.5) is 4.39 Å². The highest BCUT2D eigenvalue weighted by molar-refractivity contribution is 5.90. The molecule has 4 aromatic rings. The zero-order chi connectivity index (χ0) is 21.1. The van der Waals surface area contributed by atoms with E-state index in [1.54, 1.807) is 18.2 Å². The van der Waals surface area contributed by atoms with E-state index in [0.717, 1.165) is 41.5 Å². The van der Waals surface area contributed by atoms with Gasteiger partial charge in [-0.3, -0.25) is 0 Å². The Morgan fingerprint density at radius 2 is 1.83 bits per heavy atom.